The van der Waals surface area contributed by atoms with Gasteiger partial charge in [-0.25, -0.2) is 4.68 Å². The molecule has 6 heteroatoms. The topological polar surface area (TPSA) is 56.7 Å². The summed E-state index contributed by atoms with van der Waals surface area (Å²) in [5.74, 6) is 7.74. The van der Waals surface area contributed by atoms with Crippen LogP contribution in [0.15, 0.2) is 22.7 Å². The van der Waals surface area contributed by atoms with Crippen molar-refractivity contribution in [3.8, 4) is 10.7 Å². The van der Waals surface area contributed by atoms with Gasteiger partial charge < -0.3 is 5.84 Å². The van der Waals surface area contributed by atoms with E-state index in [1.54, 1.807) is 27.8 Å². The van der Waals surface area contributed by atoms with E-state index in [1.165, 1.54) is 12.8 Å². The zero-order valence-corrected chi connectivity index (χ0v) is 10.7. The van der Waals surface area contributed by atoms with Crippen molar-refractivity contribution in [2.75, 3.05) is 11.6 Å². The van der Waals surface area contributed by atoms with E-state index in [4.69, 9.17) is 5.84 Å². The SMILES string of the molecule is CCCCSc1nnc(-c2cccs2)n1N. The molecule has 0 saturated heterocycles. The van der Waals surface area contributed by atoms with Gasteiger partial charge in [-0.15, -0.1) is 21.5 Å². The van der Waals surface area contributed by atoms with Crippen molar-refractivity contribution in [3.63, 3.8) is 0 Å². The predicted molar refractivity (Wildman–Crippen MR) is 69.1 cm³/mol. The van der Waals surface area contributed by atoms with E-state index in [9.17, 15) is 0 Å². The molecule has 0 aliphatic rings. The molecule has 0 unspecified atom stereocenters. The van der Waals surface area contributed by atoms with E-state index in [-0.39, 0.29) is 0 Å². The molecule has 0 aromatic carbocycles. The Morgan fingerprint density at radius 2 is 2.38 bits per heavy atom. The Hall–Kier alpha value is -1.01. The summed E-state index contributed by atoms with van der Waals surface area (Å²) in [5, 5.41) is 11.0. The molecule has 0 atom stereocenters. The van der Waals surface area contributed by atoms with Crippen molar-refractivity contribution >= 4 is 23.1 Å². The Labute approximate surface area is 103 Å². The molecular weight excluding hydrogens is 240 g/mol. The van der Waals surface area contributed by atoms with Gasteiger partial charge in [0, 0.05) is 5.75 Å². The molecule has 0 amide bonds. The third-order valence-corrected chi connectivity index (χ3v) is 4.03. The average molecular weight is 254 g/mol. The smallest absolute Gasteiger partial charge is 0.210 e. The number of hydrogen-bond donors (Lipinski definition) is 1. The number of unbranched alkanes of at least 4 members (excludes halogenated alkanes) is 1. The summed E-state index contributed by atoms with van der Waals surface area (Å²) in [7, 11) is 0. The molecule has 2 aromatic rings. The number of rotatable bonds is 5. The van der Waals surface area contributed by atoms with Gasteiger partial charge in [-0.1, -0.05) is 31.2 Å². The first-order valence-electron chi connectivity index (χ1n) is 5.20. The van der Waals surface area contributed by atoms with Gasteiger partial charge in [0.1, 0.15) is 0 Å². The Morgan fingerprint density at radius 3 is 3.06 bits per heavy atom. The number of thioether (sulfide) groups is 1. The van der Waals surface area contributed by atoms with E-state index < -0.39 is 0 Å². The second kappa shape index (κ2) is 5.36. The summed E-state index contributed by atoms with van der Waals surface area (Å²) in [6.45, 7) is 2.17. The normalized spacial score (nSPS) is 10.8. The van der Waals surface area contributed by atoms with Gasteiger partial charge in [-0.2, -0.15) is 0 Å². The fraction of sp³-hybridized carbons (Fsp3) is 0.400. The molecule has 16 heavy (non-hydrogen) atoms. The quantitative estimate of drug-likeness (QED) is 0.506. The van der Waals surface area contributed by atoms with Gasteiger partial charge in [-0.3, -0.25) is 0 Å². The average Bonchev–Trinajstić information content (AvgIpc) is 2.89. The van der Waals surface area contributed by atoms with Gasteiger partial charge in [0.15, 0.2) is 5.82 Å². The van der Waals surface area contributed by atoms with Crippen LogP contribution in [-0.4, -0.2) is 20.6 Å². The van der Waals surface area contributed by atoms with E-state index in [0.717, 1.165) is 21.6 Å². The van der Waals surface area contributed by atoms with Crippen molar-refractivity contribution < 1.29 is 0 Å². The number of nitrogens with zero attached hydrogens (tertiary/aromatic N) is 3. The number of nitrogens with two attached hydrogens (primary N) is 1. The fourth-order valence-corrected chi connectivity index (χ4v) is 2.90. The Balaban J connectivity index is 2.12. The molecule has 0 fully saturated rings. The molecule has 86 valence electrons. The van der Waals surface area contributed by atoms with Crippen LogP contribution in [0.1, 0.15) is 19.8 Å². The second-order valence-electron chi connectivity index (χ2n) is 3.36. The highest BCUT2D eigenvalue weighted by Gasteiger charge is 2.12. The van der Waals surface area contributed by atoms with Crippen LogP contribution < -0.4 is 5.84 Å². The van der Waals surface area contributed by atoms with Gasteiger partial charge in [0.2, 0.25) is 5.16 Å². The second-order valence-corrected chi connectivity index (χ2v) is 5.37. The molecule has 2 rings (SSSR count). The summed E-state index contributed by atoms with van der Waals surface area (Å²) in [6, 6.07) is 3.98. The molecule has 0 aliphatic carbocycles. The summed E-state index contributed by atoms with van der Waals surface area (Å²) < 4.78 is 1.58. The van der Waals surface area contributed by atoms with Crippen molar-refractivity contribution in [2.45, 2.75) is 24.9 Å². The lowest BCUT2D eigenvalue weighted by molar-refractivity contribution is 0.840. The first kappa shape index (κ1) is 11.5. The number of nitrogen functional groups attached to an aromatic ring is 1. The lowest BCUT2D eigenvalue weighted by atomic mass is 10.4. The maximum atomic E-state index is 5.95. The molecule has 0 saturated carbocycles. The van der Waals surface area contributed by atoms with Gasteiger partial charge >= 0.3 is 0 Å². The highest BCUT2D eigenvalue weighted by molar-refractivity contribution is 7.99. The van der Waals surface area contributed by atoms with Crippen LogP contribution in [0.5, 0.6) is 0 Å². The molecular formula is C10H14N4S2. The molecule has 0 spiro atoms. The van der Waals surface area contributed by atoms with Crippen molar-refractivity contribution in [3.05, 3.63) is 17.5 Å². The Bertz CT molecular complexity index is 436. The molecule has 4 nitrogen and oxygen atoms in total. The van der Waals surface area contributed by atoms with Crippen molar-refractivity contribution in [2.24, 2.45) is 0 Å². The molecule has 2 heterocycles. The maximum Gasteiger partial charge on any atom is 0.210 e. The minimum atomic E-state index is 0.744. The standard InChI is InChI=1S/C10H14N4S2/c1-2-3-6-16-10-13-12-9(14(10)11)8-5-4-7-15-8/h4-5,7H,2-3,6,11H2,1H3. The summed E-state index contributed by atoms with van der Waals surface area (Å²) in [5.41, 5.74) is 0. The van der Waals surface area contributed by atoms with Gasteiger partial charge in [0.05, 0.1) is 4.88 Å². The summed E-state index contributed by atoms with van der Waals surface area (Å²) in [6.07, 6.45) is 2.36. The third kappa shape index (κ3) is 2.38. The van der Waals surface area contributed by atoms with Crippen molar-refractivity contribution in [1.82, 2.24) is 14.9 Å². The largest absolute Gasteiger partial charge is 0.335 e. The minimum absolute atomic E-state index is 0.744. The van der Waals surface area contributed by atoms with Crippen LogP contribution in [-0.2, 0) is 0 Å². The predicted octanol–water partition coefficient (Wildman–Crippen LogP) is 2.61. The first-order valence-corrected chi connectivity index (χ1v) is 7.06. The fourth-order valence-electron chi connectivity index (χ4n) is 1.26. The molecule has 0 aliphatic heterocycles. The number of hydrogen-bond acceptors (Lipinski definition) is 5. The first-order chi connectivity index (χ1) is 7.83. The minimum Gasteiger partial charge on any atom is -0.335 e. The van der Waals surface area contributed by atoms with E-state index in [0.29, 0.717) is 0 Å². The summed E-state index contributed by atoms with van der Waals surface area (Å²) in [4.78, 5) is 1.05. The highest BCUT2D eigenvalue weighted by Crippen LogP contribution is 2.25. The number of thiophene rings is 1. The zero-order chi connectivity index (χ0) is 11.4. The van der Waals surface area contributed by atoms with Crippen LogP contribution in [0.3, 0.4) is 0 Å². The lowest BCUT2D eigenvalue weighted by Crippen LogP contribution is -2.11. The number of aromatic nitrogens is 3. The van der Waals surface area contributed by atoms with Crippen LogP contribution in [0.4, 0.5) is 0 Å². The lowest BCUT2D eigenvalue weighted by Gasteiger charge is -2.01. The van der Waals surface area contributed by atoms with E-state index in [2.05, 4.69) is 17.1 Å². The van der Waals surface area contributed by atoms with Crippen molar-refractivity contribution in [1.29, 1.82) is 0 Å². The Kier molecular flexibility index (Phi) is 3.84. The molecule has 2 N–H and O–H groups in total. The third-order valence-electron chi connectivity index (χ3n) is 2.14. The molecule has 2 aromatic heterocycles. The van der Waals surface area contributed by atoms with E-state index >= 15 is 0 Å². The van der Waals surface area contributed by atoms with Crippen LogP contribution in [0.25, 0.3) is 10.7 Å². The van der Waals surface area contributed by atoms with E-state index in [1.807, 2.05) is 17.5 Å². The van der Waals surface area contributed by atoms with Crippen LogP contribution in [0, 0.1) is 0 Å². The monoisotopic (exact) mass is 254 g/mol. The zero-order valence-electron chi connectivity index (χ0n) is 9.09. The highest BCUT2D eigenvalue weighted by atomic mass is 32.2. The molecule has 0 bridgehead atoms. The summed E-state index contributed by atoms with van der Waals surface area (Å²) >= 11 is 3.28. The van der Waals surface area contributed by atoms with Crippen LogP contribution >= 0.6 is 23.1 Å². The van der Waals surface area contributed by atoms with Crippen LogP contribution in [0.2, 0.25) is 0 Å². The van der Waals surface area contributed by atoms with Gasteiger partial charge in [0.25, 0.3) is 0 Å². The van der Waals surface area contributed by atoms with Gasteiger partial charge in [-0.05, 0) is 17.9 Å². The Morgan fingerprint density at radius 1 is 1.50 bits per heavy atom. The molecule has 0 radical (unpaired) electrons. The maximum absolute atomic E-state index is 5.95.